The van der Waals surface area contributed by atoms with E-state index in [4.69, 9.17) is 4.52 Å². The number of nitrogens with one attached hydrogen (secondary N) is 1. The third kappa shape index (κ3) is 3.00. The van der Waals surface area contributed by atoms with Crippen LogP contribution in [0.5, 0.6) is 0 Å². The highest BCUT2D eigenvalue weighted by atomic mass is 32.2. The standard InChI is InChI=1S/C20H16N4O2S/c25-19(11-16-15-3-1-2-4-18(15)26-23-16)22-14-7-5-13(6-8-14)17-12-27-20-21-9-10-24(17)20/h1-8,12H,9-11H2,(H,22,25). The van der Waals surface area contributed by atoms with Crippen molar-refractivity contribution in [1.29, 1.82) is 0 Å². The number of benzene rings is 2. The highest BCUT2D eigenvalue weighted by Gasteiger charge is 2.26. The molecule has 134 valence electrons. The molecule has 0 spiro atoms. The van der Waals surface area contributed by atoms with Crippen LogP contribution in [0, 0.1) is 0 Å². The lowest BCUT2D eigenvalue weighted by molar-refractivity contribution is -0.115. The number of para-hydroxylation sites is 1. The first-order chi connectivity index (χ1) is 13.3. The van der Waals surface area contributed by atoms with E-state index >= 15 is 0 Å². The topological polar surface area (TPSA) is 70.7 Å². The van der Waals surface area contributed by atoms with Gasteiger partial charge in [0.2, 0.25) is 5.91 Å². The monoisotopic (exact) mass is 376 g/mol. The Hall–Kier alpha value is -3.06. The minimum Gasteiger partial charge on any atom is -0.356 e. The van der Waals surface area contributed by atoms with E-state index in [1.54, 1.807) is 11.8 Å². The Balaban J connectivity index is 1.27. The maximum absolute atomic E-state index is 12.4. The summed E-state index contributed by atoms with van der Waals surface area (Å²) >= 11 is 1.66. The van der Waals surface area contributed by atoms with Gasteiger partial charge in [-0.1, -0.05) is 41.2 Å². The van der Waals surface area contributed by atoms with Gasteiger partial charge in [-0.25, -0.2) is 0 Å². The van der Waals surface area contributed by atoms with E-state index in [1.165, 1.54) is 5.70 Å². The minimum atomic E-state index is -0.119. The summed E-state index contributed by atoms with van der Waals surface area (Å²) in [5.41, 5.74) is 4.39. The van der Waals surface area contributed by atoms with Crippen molar-refractivity contribution >= 4 is 45.2 Å². The van der Waals surface area contributed by atoms with Crippen molar-refractivity contribution in [3.63, 3.8) is 0 Å². The van der Waals surface area contributed by atoms with Crippen molar-refractivity contribution in [2.24, 2.45) is 4.99 Å². The first kappa shape index (κ1) is 16.1. The summed E-state index contributed by atoms with van der Waals surface area (Å²) in [7, 11) is 0. The molecule has 0 saturated carbocycles. The number of fused-ring (bicyclic) bond motifs is 2. The van der Waals surface area contributed by atoms with Crippen LogP contribution < -0.4 is 5.32 Å². The Labute approximate surface area is 159 Å². The van der Waals surface area contributed by atoms with Gasteiger partial charge < -0.3 is 14.7 Å². The van der Waals surface area contributed by atoms with Gasteiger partial charge in [-0.15, -0.1) is 0 Å². The number of carbonyl (C=O) groups is 1. The molecule has 0 unspecified atom stereocenters. The highest BCUT2D eigenvalue weighted by Crippen LogP contribution is 2.35. The van der Waals surface area contributed by atoms with Gasteiger partial charge in [0.05, 0.1) is 18.7 Å². The molecule has 6 nitrogen and oxygen atoms in total. The number of aliphatic imine (C=N–C) groups is 1. The van der Waals surface area contributed by atoms with E-state index in [1.807, 2.05) is 48.5 Å². The van der Waals surface area contributed by atoms with Gasteiger partial charge in [-0.2, -0.15) is 0 Å². The Morgan fingerprint density at radius 3 is 2.93 bits per heavy atom. The van der Waals surface area contributed by atoms with Gasteiger partial charge in [0.25, 0.3) is 0 Å². The van der Waals surface area contributed by atoms with Gasteiger partial charge in [-0.3, -0.25) is 9.79 Å². The second kappa shape index (κ2) is 6.59. The maximum atomic E-state index is 12.4. The lowest BCUT2D eigenvalue weighted by Gasteiger charge is -2.16. The maximum Gasteiger partial charge on any atom is 0.230 e. The molecule has 0 atom stereocenters. The summed E-state index contributed by atoms with van der Waals surface area (Å²) < 4.78 is 5.25. The van der Waals surface area contributed by atoms with E-state index in [0.717, 1.165) is 34.9 Å². The van der Waals surface area contributed by atoms with Crippen molar-refractivity contribution in [2.75, 3.05) is 18.4 Å². The second-order valence-corrected chi connectivity index (χ2v) is 7.20. The Morgan fingerprint density at radius 2 is 2.04 bits per heavy atom. The number of amidine groups is 1. The summed E-state index contributed by atoms with van der Waals surface area (Å²) in [5.74, 6) is -0.119. The predicted molar refractivity (Wildman–Crippen MR) is 107 cm³/mol. The first-order valence-electron chi connectivity index (χ1n) is 8.70. The summed E-state index contributed by atoms with van der Waals surface area (Å²) in [6.45, 7) is 1.78. The van der Waals surface area contributed by atoms with E-state index < -0.39 is 0 Å². The normalized spacial score (nSPS) is 15.6. The van der Waals surface area contributed by atoms with Crippen LogP contribution in [0.25, 0.3) is 16.7 Å². The third-order valence-electron chi connectivity index (χ3n) is 4.61. The summed E-state index contributed by atoms with van der Waals surface area (Å²) in [4.78, 5) is 19.1. The number of anilines is 1. The fraction of sp³-hybridized carbons (Fsp3) is 0.150. The smallest absolute Gasteiger partial charge is 0.230 e. The zero-order valence-corrected chi connectivity index (χ0v) is 15.2. The molecule has 2 aliphatic rings. The molecule has 27 heavy (non-hydrogen) atoms. The van der Waals surface area contributed by atoms with E-state index in [2.05, 4.69) is 25.8 Å². The molecule has 0 radical (unpaired) electrons. The predicted octanol–water partition coefficient (Wildman–Crippen LogP) is 3.73. The van der Waals surface area contributed by atoms with E-state index in [0.29, 0.717) is 11.3 Å². The van der Waals surface area contributed by atoms with Gasteiger partial charge in [0, 0.05) is 23.0 Å². The Bertz CT molecular complexity index is 1080. The van der Waals surface area contributed by atoms with Crippen molar-refractivity contribution in [1.82, 2.24) is 10.1 Å². The molecular formula is C20H16N4O2S. The van der Waals surface area contributed by atoms with Crippen molar-refractivity contribution in [3.05, 3.63) is 65.2 Å². The molecule has 2 aromatic carbocycles. The summed E-state index contributed by atoms with van der Waals surface area (Å²) in [6, 6.07) is 15.4. The quantitative estimate of drug-likeness (QED) is 0.751. The number of rotatable bonds is 4. The third-order valence-corrected chi connectivity index (χ3v) is 5.51. The van der Waals surface area contributed by atoms with Crippen molar-refractivity contribution < 1.29 is 9.32 Å². The minimum absolute atomic E-state index is 0.119. The molecule has 1 aromatic heterocycles. The second-order valence-electron chi connectivity index (χ2n) is 6.36. The molecule has 7 heteroatoms. The average molecular weight is 376 g/mol. The van der Waals surface area contributed by atoms with Crippen LogP contribution in [0.1, 0.15) is 11.3 Å². The lowest BCUT2D eigenvalue weighted by Crippen LogP contribution is -2.19. The van der Waals surface area contributed by atoms with Crippen molar-refractivity contribution in [2.45, 2.75) is 6.42 Å². The van der Waals surface area contributed by atoms with Crippen LogP contribution in [0.4, 0.5) is 5.69 Å². The van der Waals surface area contributed by atoms with Crippen molar-refractivity contribution in [3.8, 4) is 0 Å². The van der Waals surface area contributed by atoms with Crippen LogP contribution in [0.2, 0.25) is 0 Å². The largest absolute Gasteiger partial charge is 0.356 e. The molecule has 2 aliphatic heterocycles. The van der Waals surface area contributed by atoms with Crippen LogP contribution in [-0.2, 0) is 11.2 Å². The molecular weight excluding hydrogens is 360 g/mol. The Morgan fingerprint density at radius 1 is 1.19 bits per heavy atom. The highest BCUT2D eigenvalue weighted by molar-refractivity contribution is 8.16. The van der Waals surface area contributed by atoms with Crippen LogP contribution in [0.15, 0.2) is 63.5 Å². The molecule has 1 amide bonds. The molecule has 3 heterocycles. The average Bonchev–Trinajstić information content (AvgIpc) is 3.39. The molecule has 5 rings (SSSR count). The molecule has 1 N–H and O–H groups in total. The molecule has 0 saturated heterocycles. The lowest BCUT2D eigenvalue weighted by atomic mass is 10.1. The van der Waals surface area contributed by atoms with Crippen LogP contribution in [0.3, 0.4) is 0 Å². The van der Waals surface area contributed by atoms with E-state index in [9.17, 15) is 4.79 Å². The summed E-state index contributed by atoms with van der Waals surface area (Å²) in [5, 5.41) is 11.0. The molecule has 3 aromatic rings. The van der Waals surface area contributed by atoms with Gasteiger partial charge in [-0.05, 0) is 29.8 Å². The number of amides is 1. The fourth-order valence-electron chi connectivity index (χ4n) is 3.29. The number of carbonyl (C=O) groups excluding carboxylic acids is 1. The number of aromatic nitrogens is 1. The molecule has 0 aliphatic carbocycles. The van der Waals surface area contributed by atoms with Gasteiger partial charge in [0.1, 0.15) is 5.69 Å². The Kier molecular flexibility index (Phi) is 3.94. The zero-order valence-electron chi connectivity index (χ0n) is 14.4. The summed E-state index contributed by atoms with van der Waals surface area (Å²) in [6.07, 6.45) is 0.175. The number of thioether (sulfide) groups is 1. The van der Waals surface area contributed by atoms with E-state index in [-0.39, 0.29) is 12.3 Å². The first-order valence-corrected chi connectivity index (χ1v) is 9.58. The fourth-order valence-corrected chi connectivity index (χ4v) is 4.26. The number of nitrogens with zero attached hydrogens (tertiary/aromatic N) is 3. The SMILES string of the molecule is O=C(Cc1noc2ccccc12)Nc1ccc(C2=CSC3=NCCN23)cc1. The number of hydrogen-bond donors (Lipinski definition) is 1. The molecule has 0 fully saturated rings. The number of hydrogen-bond acceptors (Lipinski definition) is 6. The van der Waals surface area contributed by atoms with Gasteiger partial charge >= 0.3 is 0 Å². The molecule has 0 bridgehead atoms. The van der Waals surface area contributed by atoms with Gasteiger partial charge in [0.15, 0.2) is 10.8 Å². The van der Waals surface area contributed by atoms with Crippen LogP contribution in [-0.4, -0.2) is 34.2 Å². The van der Waals surface area contributed by atoms with Crippen LogP contribution >= 0.6 is 11.8 Å². The zero-order chi connectivity index (χ0) is 18.2.